The third-order valence-corrected chi connectivity index (χ3v) is 6.37. The maximum absolute atomic E-state index is 13.4. The van der Waals surface area contributed by atoms with Crippen molar-refractivity contribution in [2.75, 3.05) is 31.4 Å². The predicted octanol–water partition coefficient (Wildman–Crippen LogP) is 4.04. The number of hydrogen-bond acceptors (Lipinski definition) is 6. The fourth-order valence-corrected chi connectivity index (χ4v) is 4.64. The fraction of sp³-hybridized carbons (Fsp3) is 0.192. The van der Waals surface area contributed by atoms with Crippen molar-refractivity contribution in [1.82, 2.24) is 9.55 Å². The van der Waals surface area contributed by atoms with Crippen LogP contribution in [0.1, 0.15) is 6.42 Å². The third-order valence-electron chi connectivity index (χ3n) is 5.44. The molecule has 1 aromatic heterocycles. The second kappa shape index (κ2) is 11.0. The number of ether oxygens (including phenoxy) is 2. The zero-order valence-electron chi connectivity index (χ0n) is 19.5. The number of primary amides is 1. The molecule has 4 aromatic rings. The summed E-state index contributed by atoms with van der Waals surface area (Å²) in [5, 5.41) is 0.680. The lowest BCUT2D eigenvalue weighted by Gasteiger charge is -2.24. The molecule has 0 spiro atoms. The van der Waals surface area contributed by atoms with E-state index in [4.69, 9.17) is 20.2 Å². The molecule has 0 bridgehead atoms. The molecule has 4 rings (SSSR count). The van der Waals surface area contributed by atoms with E-state index in [1.807, 2.05) is 65.2 Å². The highest BCUT2D eigenvalue weighted by molar-refractivity contribution is 7.99. The Kier molecular flexibility index (Phi) is 7.57. The minimum absolute atomic E-state index is 0.0405. The lowest BCUT2D eigenvalue weighted by molar-refractivity contribution is -0.118. The Morgan fingerprint density at radius 3 is 2.40 bits per heavy atom. The molecule has 35 heavy (non-hydrogen) atoms. The molecule has 1 heterocycles. The number of hydrogen-bond donors (Lipinski definition) is 1. The van der Waals surface area contributed by atoms with Gasteiger partial charge in [-0.3, -0.25) is 14.2 Å². The van der Waals surface area contributed by atoms with Crippen molar-refractivity contribution in [3.63, 3.8) is 0 Å². The summed E-state index contributed by atoms with van der Waals surface area (Å²) >= 11 is 1.33. The number of para-hydroxylation sites is 4. The van der Waals surface area contributed by atoms with E-state index in [0.717, 1.165) is 22.5 Å². The largest absolute Gasteiger partial charge is 0.497 e. The Morgan fingerprint density at radius 1 is 0.971 bits per heavy atom. The van der Waals surface area contributed by atoms with E-state index >= 15 is 0 Å². The summed E-state index contributed by atoms with van der Waals surface area (Å²) in [4.78, 5) is 31.2. The molecule has 0 atom stereocenters. The Hall–Kier alpha value is -3.98. The van der Waals surface area contributed by atoms with E-state index in [0.29, 0.717) is 16.6 Å². The summed E-state index contributed by atoms with van der Waals surface area (Å²) < 4.78 is 12.7. The highest BCUT2D eigenvalue weighted by atomic mass is 32.2. The van der Waals surface area contributed by atoms with Crippen LogP contribution in [-0.2, 0) is 9.59 Å². The van der Waals surface area contributed by atoms with E-state index in [9.17, 15) is 9.59 Å². The molecule has 0 aliphatic carbocycles. The van der Waals surface area contributed by atoms with Crippen LogP contribution in [0.5, 0.6) is 11.5 Å². The summed E-state index contributed by atoms with van der Waals surface area (Å²) in [5.41, 5.74) is 8.62. The second-order valence-electron chi connectivity index (χ2n) is 7.64. The molecule has 2 amide bonds. The Labute approximate surface area is 207 Å². The van der Waals surface area contributed by atoms with Crippen molar-refractivity contribution >= 4 is 40.3 Å². The summed E-state index contributed by atoms with van der Waals surface area (Å²) in [6.07, 6.45) is 0.0405. The van der Waals surface area contributed by atoms with Crippen LogP contribution in [0.3, 0.4) is 0 Å². The van der Waals surface area contributed by atoms with Crippen LogP contribution in [0.2, 0.25) is 0 Å². The Morgan fingerprint density at radius 2 is 1.69 bits per heavy atom. The first-order valence-electron chi connectivity index (χ1n) is 11.0. The minimum atomic E-state index is -0.480. The van der Waals surface area contributed by atoms with Crippen LogP contribution in [0.25, 0.3) is 16.7 Å². The molecule has 8 nitrogen and oxygen atoms in total. The molecule has 180 valence electrons. The number of imidazole rings is 1. The van der Waals surface area contributed by atoms with E-state index in [1.54, 1.807) is 26.4 Å². The summed E-state index contributed by atoms with van der Waals surface area (Å²) in [7, 11) is 3.17. The number of amides is 2. The van der Waals surface area contributed by atoms with Gasteiger partial charge in [-0.15, -0.1) is 0 Å². The Balaban J connectivity index is 1.64. The van der Waals surface area contributed by atoms with Gasteiger partial charge in [0.05, 0.1) is 36.7 Å². The monoisotopic (exact) mass is 490 g/mol. The molecular formula is C26H26N4O4S. The second-order valence-corrected chi connectivity index (χ2v) is 8.58. The summed E-state index contributed by atoms with van der Waals surface area (Å²) in [6, 6.07) is 22.7. The van der Waals surface area contributed by atoms with Gasteiger partial charge in [-0.1, -0.05) is 36.0 Å². The van der Waals surface area contributed by atoms with Gasteiger partial charge in [0.25, 0.3) is 0 Å². The van der Waals surface area contributed by atoms with Gasteiger partial charge in [0.2, 0.25) is 11.8 Å². The van der Waals surface area contributed by atoms with E-state index < -0.39 is 5.91 Å². The van der Waals surface area contributed by atoms with Crippen molar-refractivity contribution in [3.8, 4) is 17.2 Å². The average molecular weight is 491 g/mol. The zero-order chi connectivity index (χ0) is 24.8. The fourth-order valence-electron chi connectivity index (χ4n) is 3.74. The molecule has 2 N–H and O–H groups in total. The average Bonchev–Trinajstić information content (AvgIpc) is 3.26. The van der Waals surface area contributed by atoms with E-state index in [2.05, 4.69) is 0 Å². The SMILES string of the molecule is COc1ccc(-n2c(SCC(=O)N(CCC(N)=O)c3ccccc3OC)nc3ccccc32)cc1. The van der Waals surface area contributed by atoms with Gasteiger partial charge in [-0.05, 0) is 48.5 Å². The lowest BCUT2D eigenvalue weighted by atomic mass is 10.2. The Bertz CT molecular complexity index is 1340. The molecule has 0 aliphatic heterocycles. The number of thioether (sulfide) groups is 1. The summed E-state index contributed by atoms with van der Waals surface area (Å²) in [6.45, 7) is 0.157. The number of fused-ring (bicyclic) bond motifs is 1. The number of carbonyl (C=O) groups excluding carboxylic acids is 2. The molecule has 0 saturated carbocycles. The maximum atomic E-state index is 13.4. The van der Waals surface area contributed by atoms with Crippen LogP contribution >= 0.6 is 11.8 Å². The first-order chi connectivity index (χ1) is 17.0. The third kappa shape index (κ3) is 5.41. The van der Waals surface area contributed by atoms with Gasteiger partial charge < -0.3 is 20.1 Å². The van der Waals surface area contributed by atoms with Crippen LogP contribution in [0.4, 0.5) is 5.69 Å². The first-order valence-corrected chi connectivity index (χ1v) is 12.0. The quantitative estimate of drug-likeness (QED) is 0.337. The molecular weight excluding hydrogens is 464 g/mol. The van der Waals surface area contributed by atoms with Crippen molar-refractivity contribution in [3.05, 3.63) is 72.8 Å². The number of anilines is 1. The summed E-state index contributed by atoms with van der Waals surface area (Å²) in [5.74, 6) is 0.738. The molecule has 3 aromatic carbocycles. The number of nitrogens with two attached hydrogens (primary N) is 1. The minimum Gasteiger partial charge on any atom is -0.497 e. The number of benzene rings is 3. The highest BCUT2D eigenvalue weighted by Crippen LogP contribution is 2.31. The lowest BCUT2D eigenvalue weighted by Crippen LogP contribution is -2.35. The van der Waals surface area contributed by atoms with Gasteiger partial charge in [-0.2, -0.15) is 0 Å². The number of rotatable bonds is 10. The number of carbonyl (C=O) groups is 2. The topological polar surface area (TPSA) is 99.7 Å². The molecule has 0 saturated heterocycles. The maximum Gasteiger partial charge on any atom is 0.237 e. The van der Waals surface area contributed by atoms with Crippen molar-refractivity contribution < 1.29 is 19.1 Å². The molecule has 0 aliphatic rings. The number of methoxy groups -OCH3 is 2. The van der Waals surface area contributed by atoms with Crippen LogP contribution in [0.15, 0.2) is 78.0 Å². The standard InChI is InChI=1S/C26H26N4O4S/c1-33-19-13-11-18(12-14-19)30-21-8-4-3-7-20(21)28-26(30)35-17-25(32)29(16-15-24(27)31)22-9-5-6-10-23(22)34-2/h3-14H,15-17H2,1-2H3,(H2,27,31). The van der Waals surface area contributed by atoms with Crippen LogP contribution < -0.4 is 20.1 Å². The van der Waals surface area contributed by atoms with Gasteiger partial charge in [-0.25, -0.2) is 4.98 Å². The van der Waals surface area contributed by atoms with Crippen molar-refractivity contribution in [1.29, 1.82) is 0 Å². The first kappa shape index (κ1) is 24.2. The van der Waals surface area contributed by atoms with Gasteiger partial charge in [0.15, 0.2) is 5.16 Å². The van der Waals surface area contributed by atoms with Crippen molar-refractivity contribution in [2.45, 2.75) is 11.6 Å². The van der Waals surface area contributed by atoms with E-state index in [-0.39, 0.29) is 24.6 Å². The molecule has 0 radical (unpaired) electrons. The normalized spacial score (nSPS) is 10.8. The molecule has 9 heteroatoms. The van der Waals surface area contributed by atoms with Crippen LogP contribution in [-0.4, -0.2) is 47.9 Å². The zero-order valence-corrected chi connectivity index (χ0v) is 20.3. The number of aromatic nitrogens is 2. The van der Waals surface area contributed by atoms with Gasteiger partial charge in [0, 0.05) is 18.7 Å². The van der Waals surface area contributed by atoms with Gasteiger partial charge in [0.1, 0.15) is 11.5 Å². The highest BCUT2D eigenvalue weighted by Gasteiger charge is 2.22. The number of nitrogens with zero attached hydrogens (tertiary/aromatic N) is 3. The smallest absolute Gasteiger partial charge is 0.237 e. The van der Waals surface area contributed by atoms with E-state index in [1.165, 1.54) is 16.7 Å². The van der Waals surface area contributed by atoms with Crippen molar-refractivity contribution in [2.24, 2.45) is 5.73 Å². The molecule has 0 fully saturated rings. The van der Waals surface area contributed by atoms with Crippen LogP contribution in [0, 0.1) is 0 Å². The molecule has 0 unspecified atom stereocenters. The van der Waals surface area contributed by atoms with Gasteiger partial charge >= 0.3 is 0 Å². The predicted molar refractivity (Wildman–Crippen MR) is 138 cm³/mol.